The Labute approximate surface area is 111 Å². The number of rotatable bonds is 4. The van der Waals surface area contributed by atoms with E-state index in [2.05, 4.69) is 0 Å². The number of pyridine rings is 1. The largest absolute Gasteiger partial charge is 0.398 e. The molecule has 2 rings (SSSR count). The van der Waals surface area contributed by atoms with E-state index in [1.54, 1.807) is 18.2 Å². The van der Waals surface area contributed by atoms with Gasteiger partial charge in [-0.2, -0.15) is 0 Å². The first-order valence-corrected chi connectivity index (χ1v) is 7.38. The predicted octanol–water partition coefficient (Wildman–Crippen LogP) is 0.904. The number of hydrogen-bond donors (Lipinski definition) is 1. The molecule has 0 aliphatic rings. The van der Waals surface area contributed by atoms with Crippen molar-refractivity contribution in [3.8, 4) is 0 Å². The van der Waals surface area contributed by atoms with Gasteiger partial charge < -0.3 is 10.3 Å². The summed E-state index contributed by atoms with van der Waals surface area (Å²) in [6.45, 7) is 0.0844. The molecule has 0 aliphatic heterocycles. The lowest BCUT2D eigenvalue weighted by Gasteiger charge is -2.07. The molecule has 0 aliphatic carbocycles. The van der Waals surface area contributed by atoms with Crippen LogP contribution in [0.15, 0.2) is 58.4 Å². The van der Waals surface area contributed by atoms with E-state index in [-0.39, 0.29) is 22.8 Å². The molecule has 0 saturated carbocycles. The van der Waals surface area contributed by atoms with Crippen LogP contribution in [0.2, 0.25) is 0 Å². The maximum Gasteiger partial charge on any atom is 0.250 e. The summed E-state index contributed by atoms with van der Waals surface area (Å²) in [5.74, 6) is -0.139. The molecule has 6 heteroatoms. The SMILES string of the molecule is Nc1ccc(=O)n(CCS(=O)(=O)c2ccccc2)c1. The number of aryl methyl sites for hydroxylation is 1. The topological polar surface area (TPSA) is 82.2 Å². The Morgan fingerprint density at radius 2 is 1.74 bits per heavy atom. The van der Waals surface area contributed by atoms with Crippen LogP contribution in [-0.4, -0.2) is 18.7 Å². The number of hydrogen-bond acceptors (Lipinski definition) is 4. The van der Waals surface area contributed by atoms with Gasteiger partial charge in [-0.1, -0.05) is 18.2 Å². The van der Waals surface area contributed by atoms with Crippen LogP contribution in [0.1, 0.15) is 0 Å². The van der Waals surface area contributed by atoms with Crippen LogP contribution in [0.25, 0.3) is 0 Å². The van der Waals surface area contributed by atoms with Gasteiger partial charge in [-0.25, -0.2) is 8.42 Å². The highest BCUT2D eigenvalue weighted by atomic mass is 32.2. The van der Waals surface area contributed by atoms with Crippen molar-refractivity contribution >= 4 is 15.5 Å². The van der Waals surface area contributed by atoms with Gasteiger partial charge in [-0.05, 0) is 18.2 Å². The molecular formula is C13H14N2O3S. The number of sulfone groups is 1. The fraction of sp³-hybridized carbons (Fsp3) is 0.154. The average molecular weight is 278 g/mol. The quantitative estimate of drug-likeness (QED) is 0.901. The Morgan fingerprint density at radius 3 is 2.42 bits per heavy atom. The van der Waals surface area contributed by atoms with Gasteiger partial charge in [0.2, 0.25) is 0 Å². The van der Waals surface area contributed by atoms with E-state index < -0.39 is 9.84 Å². The zero-order valence-electron chi connectivity index (χ0n) is 10.2. The first-order chi connectivity index (χ1) is 8.99. The standard InChI is InChI=1S/C13H14N2O3S/c14-11-6-7-13(16)15(10-11)8-9-19(17,18)12-4-2-1-3-5-12/h1-7,10H,8-9,14H2. The fourth-order valence-electron chi connectivity index (χ4n) is 1.69. The Balaban J connectivity index is 2.19. The molecule has 2 N–H and O–H groups in total. The lowest BCUT2D eigenvalue weighted by Crippen LogP contribution is -2.23. The van der Waals surface area contributed by atoms with Gasteiger partial charge in [0.05, 0.1) is 10.6 Å². The third-order valence-electron chi connectivity index (χ3n) is 2.71. The van der Waals surface area contributed by atoms with Gasteiger partial charge in [0, 0.05) is 24.5 Å². The zero-order chi connectivity index (χ0) is 13.9. The highest BCUT2D eigenvalue weighted by molar-refractivity contribution is 7.91. The maximum atomic E-state index is 12.1. The number of benzene rings is 1. The van der Waals surface area contributed by atoms with Crippen LogP contribution in [0.3, 0.4) is 0 Å². The molecule has 0 unspecified atom stereocenters. The number of nitrogens with two attached hydrogens (primary N) is 1. The second kappa shape index (κ2) is 5.27. The minimum absolute atomic E-state index is 0.0844. The summed E-state index contributed by atoms with van der Waals surface area (Å²) in [5, 5.41) is 0. The summed E-state index contributed by atoms with van der Waals surface area (Å²) in [4.78, 5) is 11.8. The second-order valence-corrected chi connectivity index (χ2v) is 6.24. The van der Waals surface area contributed by atoms with E-state index in [0.717, 1.165) is 0 Å². The molecule has 0 saturated heterocycles. The highest BCUT2D eigenvalue weighted by Gasteiger charge is 2.13. The van der Waals surface area contributed by atoms with Crippen molar-refractivity contribution < 1.29 is 8.42 Å². The summed E-state index contributed by atoms with van der Waals surface area (Å²) in [7, 11) is -3.39. The van der Waals surface area contributed by atoms with E-state index in [4.69, 9.17) is 5.73 Å². The molecule has 1 aromatic carbocycles. The van der Waals surface area contributed by atoms with Crippen molar-refractivity contribution in [1.82, 2.24) is 4.57 Å². The normalized spacial score (nSPS) is 11.4. The fourth-order valence-corrected chi connectivity index (χ4v) is 2.93. The third-order valence-corrected chi connectivity index (χ3v) is 4.42. The van der Waals surface area contributed by atoms with E-state index in [1.165, 1.54) is 35.0 Å². The number of nitrogen functional groups attached to an aromatic ring is 1. The van der Waals surface area contributed by atoms with Crippen molar-refractivity contribution in [2.45, 2.75) is 11.4 Å². The molecule has 0 atom stereocenters. The Morgan fingerprint density at radius 1 is 1.05 bits per heavy atom. The smallest absolute Gasteiger partial charge is 0.250 e. The van der Waals surface area contributed by atoms with Crippen molar-refractivity contribution in [1.29, 1.82) is 0 Å². The molecule has 1 heterocycles. The molecule has 0 bridgehead atoms. The van der Waals surface area contributed by atoms with Crippen LogP contribution >= 0.6 is 0 Å². The first-order valence-electron chi connectivity index (χ1n) is 5.73. The molecule has 5 nitrogen and oxygen atoms in total. The molecule has 0 radical (unpaired) electrons. The van der Waals surface area contributed by atoms with Crippen LogP contribution < -0.4 is 11.3 Å². The van der Waals surface area contributed by atoms with Gasteiger partial charge >= 0.3 is 0 Å². The maximum absolute atomic E-state index is 12.1. The van der Waals surface area contributed by atoms with Gasteiger partial charge in [-0.15, -0.1) is 0 Å². The zero-order valence-corrected chi connectivity index (χ0v) is 11.0. The minimum Gasteiger partial charge on any atom is -0.398 e. The lowest BCUT2D eigenvalue weighted by atomic mass is 10.4. The summed E-state index contributed by atoms with van der Waals surface area (Å²) >= 11 is 0. The molecule has 100 valence electrons. The average Bonchev–Trinajstić information content (AvgIpc) is 2.41. The van der Waals surface area contributed by atoms with Crippen LogP contribution in [0.5, 0.6) is 0 Å². The van der Waals surface area contributed by atoms with E-state index in [1.807, 2.05) is 0 Å². The number of anilines is 1. The van der Waals surface area contributed by atoms with Gasteiger partial charge in [0.25, 0.3) is 5.56 Å². The molecule has 0 fully saturated rings. The Bertz CT molecular complexity index is 721. The molecule has 1 aromatic heterocycles. The molecule has 19 heavy (non-hydrogen) atoms. The van der Waals surface area contributed by atoms with Crippen LogP contribution in [0.4, 0.5) is 5.69 Å². The summed E-state index contributed by atoms with van der Waals surface area (Å²) in [5.41, 5.74) is 5.73. The van der Waals surface area contributed by atoms with Gasteiger partial charge in [0.1, 0.15) is 0 Å². The molecule has 0 spiro atoms. The van der Waals surface area contributed by atoms with E-state index >= 15 is 0 Å². The monoisotopic (exact) mass is 278 g/mol. The molecular weight excluding hydrogens is 264 g/mol. The summed E-state index contributed by atoms with van der Waals surface area (Å²) in [6.07, 6.45) is 1.45. The lowest BCUT2D eigenvalue weighted by molar-refractivity contribution is 0.587. The molecule has 2 aromatic rings. The van der Waals surface area contributed by atoms with Crippen molar-refractivity contribution in [3.63, 3.8) is 0 Å². The third kappa shape index (κ3) is 3.23. The van der Waals surface area contributed by atoms with Crippen LogP contribution in [-0.2, 0) is 16.4 Å². The summed E-state index contributed by atoms with van der Waals surface area (Å²) in [6, 6.07) is 11.0. The van der Waals surface area contributed by atoms with Crippen molar-refractivity contribution in [2.24, 2.45) is 0 Å². The molecule has 0 amide bonds. The van der Waals surface area contributed by atoms with Crippen LogP contribution in [0, 0.1) is 0 Å². The van der Waals surface area contributed by atoms with Gasteiger partial charge in [-0.3, -0.25) is 4.79 Å². The minimum atomic E-state index is -3.39. The summed E-state index contributed by atoms with van der Waals surface area (Å²) < 4.78 is 25.4. The number of aromatic nitrogens is 1. The highest BCUT2D eigenvalue weighted by Crippen LogP contribution is 2.10. The Kier molecular flexibility index (Phi) is 3.71. The van der Waals surface area contributed by atoms with E-state index in [9.17, 15) is 13.2 Å². The Hall–Kier alpha value is -2.08. The predicted molar refractivity (Wildman–Crippen MR) is 73.6 cm³/mol. The number of nitrogens with zero attached hydrogens (tertiary/aromatic N) is 1. The second-order valence-electron chi connectivity index (χ2n) is 4.13. The van der Waals surface area contributed by atoms with Gasteiger partial charge in [0.15, 0.2) is 9.84 Å². The van der Waals surface area contributed by atoms with Crippen molar-refractivity contribution in [3.05, 3.63) is 59.0 Å². The van der Waals surface area contributed by atoms with Crippen molar-refractivity contribution in [2.75, 3.05) is 11.5 Å². The van der Waals surface area contributed by atoms with E-state index in [0.29, 0.717) is 5.69 Å². The first kappa shape index (κ1) is 13.4.